The first kappa shape index (κ1) is 13.0. The van der Waals surface area contributed by atoms with Gasteiger partial charge >= 0.3 is 5.97 Å². The van der Waals surface area contributed by atoms with Crippen molar-refractivity contribution < 1.29 is 9.63 Å². The number of hydrogen-bond donors (Lipinski definition) is 1. The first-order chi connectivity index (χ1) is 9.16. The van der Waals surface area contributed by atoms with Gasteiger partial charge in [-0.3, -0.25) is 4.98 Å². The van der Waals surface area contributed by atoms with Gasteiger partial charge in [-0.15, -0.1) is 0 Å². The Kier molecular flexibility index (Phi) is 4.10. The molecule has 0 aliphatic heterocycles. The molecule has 0 unspecified atom stereocenters. The van der Waals surface area contributed by atoms with Crippen LogP contribution in [0.15, 0.2) is 53.8 Å². The van der Waals surface area contributed by atoms with Crippen LogP contribution in [-0.2, 0) is 4.84 Å². The Morgan fingerprint density at radius 2 is 2.11 bits per heavy atom. The van der Waals surface area contributed by atoms with Crippen molar-refractivity contribution in [2.45, 2.75) is 0 Å². The van der Waals surface area contributed by atoms with Gasteiger partial charge in [0.2, 0.25) is 0 Å². The molecule has 0 saturated carbocycles. The van der Waals surface area contributed by atoms with Gasteiger partial charge < -0.3 is 10.6 Å². The molecule has 2 rings (SSSR count). The number of nitrogens with zero attached hydrogens (tertiary/aromatic N) is 2. The van der Waals surface area contributed by atoms with Gasteiger partial charge in [-0.1, -0.05) is 28.9 Å². The smallest absolute Gasteiger partial charge is 0.365 e. The van der Waals surface area contributed by atoms with Gasteiger partial charge in [0.15, 0.2) is 5.84 Å². The standard InChI is InChI=1S/C13H10ClN3O2/c14-10-5-3-4-9(8-10)13(18)19-17-12(15)11-6-1-2-7-16-11/h1-8H,(H2,15,17). The highest BCUT2D eigenvalue weighted by atomic mass is 35.5. The van der Waals surface area contributed by atoms with E-state index in [4.69, 9.17) is 22.2 Å². The van der Waals surface area contributed by atoms with Crippen LogP contribution in [0.1, 0.15) is 16.1 Å². The van der Waals surface area contributed by atoms with Crippen LogP contribution < -0.4 is 5.73 Å². The Balaban J connectivity index is 2.08. The van der Waals surface area contributed by atoms with Crippen molar-refractivity contribution in [3.63, 3.8) is 0 Å². The highest BCUT2D eigenvalue weighted by Crippen LogP contribution is 2.11. The van der Waals surface area contributed by atoms with Crippen LogP contribution in [0, 0.1) is 0 Å². The summed E-state index contributed by atoms with van der Waals surface area (Å²) in [6.45, 7) is 0. The number of carbonyl (C=O) groups is 1. The average Bonchev–Trinajstić information content (AvgIpc) is 2.45. The van der Waals surface area contributed by atoms with E-state index in [-0.39, 0.29) is 5.84 Å². The maximum atomic E-state index is 11.7. The summed E-state index contributed by atoms with van der Waals surface area (Å²) in [5.41, 5.74) is 6.36. The van der Waals surface area contributed by atoms with Crippen molar-refractivity contribution in [1.82, 2.24) is 4.98 Å². The molecule has 0 aliphatic rings. The molecule has 0 atom stereocenters. The van der Waals surface area contributed by atoms with Gasteiger partial charge in [0.25, 0.3) is 0 Å². The largest absolute Gasteiger partial charge is 0.379 e. The number of halogens is 1. The Morgan fingerprint density at radius 1 is 1.26 bits per heavy atom. The summed E-state index contributed by atoms with van der Waals surface area (Å²) >= 11 is 5.77. The lowest BCUT2D eigenvalue weighted by Gasteiger charge is -2.00. The minimum absolute atomic E-state index is 0.0241. The number of carbonyl (C=O) groups excluding carboxylic acids is 1. The van der Waals surface area contributed by atoms with Gasteiger partial charge in [-0.2, -0.15) is 0 Å². The number of rotatable bonds is 3. The average molecular weight is 276 g/mol. The quantitative estimate of drug-likeness (QED) is 0.403. The van der Waals surface area contributed by atoms with Crippen molar-refractivity contribution >= 4 is 23.4 Å². The number of aromatic nitrogens is 1. The Bertz CT molecular complexity index is 614. The summed E-state index contributed by atoms with van der Waals surface area (Å²) in [6.07, 6.45) is 1.57. The van der Waals surface area contributed by atoms with Crippen molar-refractivity contribution in [1.29, 1.82) is 0 Å². The summed E-state index contributed by atoms with van der Waals surface area (Å²) in [4.78, 5) is 20.4. The molecule has 1 aromatic carbocycles. The molecule has 19 heavy (non-hydrogen) atoms. The van der Waals surface area contributed by atoms with E-state index in [9.17, 15) is 4.79 Å². The van der Waals surface area contributed by atoms with E-state index >= 15 is 0 Å². The number of pyridine rings is 1. The predicted molar refractivity (Wildman–Crippen MR) is 71.8 cm³/mol. The molecule has 2 aromatic rings. The van der Waals surface area contributed by atoms with Crippen LogP contribution >= 0.6 is 11.6 Å². The zero-order valence-electron chi connectivity index (χ0n) is 9.79. The molecule has 6 heteroatoms. The topological polar surface area (TPSA) is 77.6 Å². The van der Waals surface area contributed by atoms with E-state index in [1.54, 1.807) is 42.6 Å². The van der Waals surface area contributed by atoms with Crippen LogP contribution in [0.4, 0.5) is 0 Å². The lowest BCUT2D eigenvalue weighted by atomic mass is 10.2. The molecule has 5 nitrogen and oxygen atoms in total. The van der Waals surface area contributed by atoms with E-state index < -0.39 is 5.97 Å². The SMILES string of the molecule is N/C(=N\OC(=O)c1cccc(Cl)c1)c1ccccn1. The first-order valence-electron chi connectivity index (χ1n) is 5.38. The zero-order valence-corrected chi connectivity index (χ0v) is 10.5. The number of oxime groups is 1. The zero-order chi connectivity index (χ0) is 13.7. The normalized spacial score (nSPS) is 11.1. The first-order valence-corrected chi connectivity index (χ1v) is 5.76. The van der Waals surface area contributed by atoms with Crippen LogP contribution in [0.3, 0.4) is 0 Å². The lowest BCUT2D eigenvalue weighted by molar-refractivity contribution is 0.0516. The monoisotopic (exact) mass is 275 g/mol. The third kappa shape index (κ3) is 3.53. The Labute approximate surface area is 114 Å². The molecule has 96 valence electrons. The van der Waals surface area contributed by atoms with E-state index in [0.29, 0.717) is 16.3 Å². The van der Waals surface area contributed by atoms with Crippen molar-refractivity contribution in [3.05, 3.63) is 64.9 Å². The summed E-state index contributed by atoms with van der Waals surface area (Å²) < 4.78 is 0. The van der Waals surface area contributed by atoms with Gasteiger partial charge in [0, 0.05) is 11.2 Å². The second-order valence-electron chi connectivity index (χ2n) is 3.58. The number of nitrogens with two attached hydrogens (primary N) is 1. The predicted octanol–water partition coefficient (Wildman–Crippen LogP) is 2.21. The minimum atomic E-state index is -0.638. The van der Waals surface area contributed by atoms with Crippen LogP contribution in [0.5, 0.6) is 0 Å². The minimum Gasteiger partial charge on any atom is -0.379 e. The van der Waals surface area contributed by atoms with Gasteiger partial charge in [0.05, 0.1) is 5.56 Å². The Morgan fingerprint density at radius 3 is 2.79 bits per heavy atom. The molecule has 1 heterocycles. The third-order valence-electron chi connectivity index (χ3n) is 2.21. The van der Waals surface area contributed by atoms with E-state index in [2.05, 4.69) is 10.1 Å². The van der Waals surface area contributed by atoms with Crippen LogP contribution in [0.2, 0.25) is 5.02 Å². The van der Waals surface area contributed by atoms with Gasteiger partial charge in [0.1, 0.15) is 5.69 Å². The molecule has 0 amide bonds. The molecule has 2 N–H and O–H groups in total. The maximum Gasteiger partial charge on any atom is 0.365 e. The fourth-order valence-electron chi connectivity index (χ4n) is 1.32. The molecule has 1 aromatic heterocycles. The number of amidine groups is 1. The Hall–Kier alpha value is -2.40. The van der Waals surface area contributed by atoms with Crippen LogP contribution in [0.25, 0.3) is 0 Å². The molecule has 0 radical (unpaired) electrons. The van der Waals surface area contributed by atoms with Crippen molar-refractivity contribution in [3.8, 4) is 0 Å². The third-order valence-corrected chi connectivity index (χ3v) is 2.45. The molecular formula is C13H10ClN3O2. The molecule has 0 saturated heterocycles. The van der Waals surface area contributed by atoms with Gasteiger partial charge in [-0.05, 0) is 30.3 Å². The van der Waals surface area contributed by atoms with Crippen LogP contribution in [-0.4, -0.2) is 16.8 Å². The van der Waals surface area contributed by atoms with Gasteiger partial charge in [-0.25, -0.2) is 4.79 Å². The number of benzene rings is 1. The molecular weight excluding hydrogens is 266 g/mol. The number of hydrogen-bond acceptors (Lipinski definition) is 4. The summed E-state index contributed by atoms with van der Waals surface area (Å²) in [7, 11) is 0. The molecule has 0 spiro atoms. The summed E-state index contributed by atoms with van der Waals surface area (Å²) in [6, 6.07) is 11.5. The molecule has 0 bridgehead atoms. The van der Waals surface area contributed by atoms with E-state index in [1.807, 2.05) is 0 Å². The molecule has 0 aliphatic carbocycles. The van der Waals surface area contributed by atoms with Crippen molar-refractivity contribution in [2.75, 3.05) is 0 Å². The maximum absolute atomic E-state index is 11.7. The summed E-state index contributed by atoms with van der Waals surface area (Å²) in [5, 5.41) is 3.98. The summed E-state index contributed by atoms with van der Waals surface area (Å²) in [5.74, 6) is -0.614. The van der Waals surface area contributed by atoms with E-state index in [0.717, 1.165) is 0 Å². The highest BCUT2D eigenvalue weighted by Gasteiger charge is 2.08. The second-order valence-corrected chi connectivity index (χ2v) is 4.02. The van der Waals surface area contributed by atoms with Crippen molar-refractivity contribution in [2.24, 2.45) is 10.9 Å². The fourth-order valence-corrected chi connectivity index (χ4v) is 1.51. The van der Waals surface area contributed by atoms with E-state index in [1.165, 1.54) is 6.07 Å². The second kappa shape index (κ2) is 5.97. The molecule has 0 fully saturated rings. The lowest BCUT2D eigenvalue weighted by Crippen LogP contribution is -2.16. The fraction of sp³-hybridized carbons (Fsp3) is 0. The highest BCUT2D eigenvalue weighted by molar-refractivity contribution is 6.30.